The Bertz CT molecular complexity index is 1020. The van der Waals surface area contributed by atoms with Gasteiger partial charge in [-0.3, -0.25) is 9.80 Å². The van der Waals surface area contributed by atoms with Crippen LogP contribution in [-0.2, 0) is 9.53 Å². The van der Waals surface area contributed by atoms with E-state index in [1.165, 1.54) is 0 Å². The highest BCUT2D eigenvalue weighted by molar-refractivity contribution is 5.95. The average Bonchev–Trinajstić information content (AvgIpc) is 2.80. The van der Waals surface area contributed by atoms with Gasteiger partial charge in [0, 0.05) is 50.5 Å². The van der Waals surface area contributed by atoms with E-state index in [4.69, 9.17) is 4.74 Å². The minimum Gasteiger partial charge on any atom is -0.463 e. The molecular formula is C27H41N5O4. The molecule has 2 aliphatic heterocycles. The van der Waals surface area contributed by atoms with Gasteiger partial charge in [0.15, 0.2) is 0 Å². The van der Waals surface area contributed by atoms with E-state index in [0.29, 0.717) is 50.5 Å². The number of hydrogen-bond donors (Lipinski definition) is 2. The summed E-state index contributed by atoms with van der Waals surface area (Å²) >= 11 is 0. The van der Waals surface area contributed by atoms with Crippen LogP contribution in [0.25, 0.3) is 0 Å². The molecule has 36 heavy (non-hydrogen) atoms. The van der Waals surface area contributed by atoms with Crippen LogP contribution in [0.1, 0.15) is 57.4 Å². The van der Waals surface area contributed by atoms with Gasteiger partial charge in [0.05, 0.1) is 18.2 Å². The summed E-state index contributed by atoms with van der Waals surface area (Å²) in [4.78, 5) is 44.8. The van der Waals surface area contributed by atoms with Gasteiger partial charge in [-0.05, 0) is 59.6 Å². The van der Waals surface area contributed by atoms with Crippen LogP contribution in [0, 0.1) is 13.8 Å². The quantitative estimate of drug-likeness (QED) is 0.586. The first kappa shape index (κ1) is 27.5. The average molecular weight is 500 g/mol. The summed E-state index contributed by atoms with van der Waals surface area (Å²) in [7, 11) is 0. The van der Waals surface area contributed by atoms with Gasteiger partial charge in [0.1, 0.15) is 0 Å². The zero-order valence-corrected chi connectivity index (χ0v) is 22.7. The topological polar surface area (TPSA) is 94.2 Å². The summed E-state index contributed by atoms with van der Waals surface area (Å²) in [5, 5.41) is 6.06. The molecule has 0 aromatic heterocycles. The maximum Gasteiger partial charge on any atom is 0.338 e. The molecule has 1 atom stereocenters. The van der Waals surface area contributed by atoms with Gasteiger partial charge < -0.3 is 20.3 Å². The lowest BCUT2D eigenvalue weighted by atomic mass is 9.90. The van der Waals surface area contributed by atoms with E-state index < -0.39 is 12.0 Å². The van der Waals surface area contributed by atoms with Gasteiger partial charge >= 0.3 is 18.0 Å². The number of rotatable bonds is 6. The van der Waals surface area contributed by atoms with Gasteiger partial charge in [-0.1, -0.05) is 23.8 Å². The van der Waals surface area contributed by atoms with Crippen molar-refractivity contribution in [3.63, 3.8) is 0 Å². The Balaban J connectivity index is 1.93. The number of aryl methyl sites for hydroxylation is 2. The van der Waals surface area contributed by atoms with Gasteiger partial charge in [-0.2, -0.15) is 0 Å². The summed E-state index contributed by atoms with van der Waals surface area (Å²) < 4.78 is 5.49. The van der Waals surface area contributed by atoms with Crippen molar-refractivity contribution in [2.75, 3.05) is 45.9 Å². The minimum atomic E-state index is -0.590. The van der Waals surface area contributed by atoms with Gasteiger partial charge in [-0.25, -0.2) is 14.4 Å². The van der Waals surface area contributed by atoms with E-state index in [2.05, 4.69) is 15.5 Å². The number of ether oxygens (including phenoxy) is 1. The Morgan fingerprint density at radius 2 is 1.78 bits per heavy atom. The summed E-state index contributed by atoms with van der Waals surface area (Å²) in [6.45, 7) is 17.1. The van der Waals surface area contributed by atoms with Crippen molar-refractivity contribution in [3.8, 4) is 0 Å². The number of hydrogen-bond acceptors (Lipinski definition) is 5. The number of benzene rings is 1. The first-order valence-corrected chi connectivity index (χ1v) is 12.8. The molecule has 1 fully saturated rings. The molecule has 0 radical (unpaired) electrons. The van der Waals surface area contributed by atoms with Crippen molar-refractivity contribution in [2.24, 2.45) is 0 Å². The number of piperazine rings is 1. The molecule has 0 aliphatic carbocycles. The summed E-state index contributed by atoms with van der Waals surface area (Å²) in [5.41, 5.74) is 3.78. The molecule has 2 heterocycles. The van der Waals surface area contributed by atoms with Crippen molar-refractivity contribution in [3.05, 3.63) is 46.2 Å². The Morgan fingerprint density at radius 1 is 1.11 bits per heavy atom. The lowest BCUT2D eigenvalue weighted by molar-refractivity contribution is -0.139. The van der Waals surface area contributed by atoms with Crippen LogP contribution in [-0.4, -0.2) is 84.1 Å². The van der Waals surface area contributed by atoms with Crippen molar-refractivity contribution in [1.29, 1.82) is 0 Å². The van der Waals surface area contributed by atoms with Crippen molar-refractivity contribution in [2.45, 2.75) is 60.0 Å². The second kappa shape index (κ2) is 11.3. The molecule has 9 nitrogen and oxygen atoms in total. The lowest BCUT2D eigenvalue weighted by Crippen LogP contribution is -2.56. The molecule has 1 aromatic carbocycles. The normalized spacial score (nSPS) is 19.3. The Kier molecular flexibility index (Phi) is 8.66. The fourth-order valence-corrected chi connectivity index (χ4v) is 4.68. The van der Waals surface area contributed by atoms with Crippen LogP contribution in [0.2, 0.25) is 0 Å². The van der Waals surface area contributed by atoms with Crippen LogP contribution < -0.4 is 10.6 Å². The molecule has 3 rings (SSSR count). The zero-order chi connectivity index (χ0) is 26.6. The number of amides is 4. The molecular weight excluding hydrogens is 458 g/mol. The highest BCUT2D eigenvalue weighted by Crippen LogP contribution is 2.34. The molecule has 1 aromatic rings. The maximum absolute atomic E-state index is 13.3. The molecule has 9 heteroatoms. The lowest BCUT2D eigenvalue weighted by Gasteiger charge is -2.41. The number of carbonyl (C=O) groups is 3. The smallest absolute Gasteiger partial charge is 0.338 e. The summed E-state index contributed by atoms with van der Waals surface area (Å²) in [6, 6.07) is 5.16. The molecule has 1 unspecified atom stereocenters. The fourth-order valence-electron chi connectivity index (χ4n) is 4.68. The van der Waals surface area contributed by atoms with Crippen LogP contribution >= 0.6 is 0 Å². The van der Waals surface area contributed by atoms with Gasteiger partial charge in [-0.15, -0.1) is 0 Å². The van der Waals surface area contributed by atoms with E-state index in [-0.39, 0.29) is 24.2 Å². The number of likely N-dealkylation sites (N-methyl/N-ethyl adjacent to an activating group) is 1. The number of nitrogens with zero attached hydrogens (tertiary/aromatic N) is 3. The number of nitrogens with one attached hydrogen (secondary N) is 2. The Hall–Kier alpha value is -3.07. The number of urea groups is 2. The first-order valence-electron chi connectivity index (χ1n) is 12.8. The third-order valence-corrected chi connectivity index (χ3v) is 6.51. The Morgan fingerprint density at radius 3 is 2.36 bits per heavy atom. The second-order valence-corrected chi connectivity index (χ2v) is 10.5. The van der Waals surface area contributed by atoms with Crippen LogP contribution in [0.3, 0.4) is 0 Å². The third-order valence-electron chi connectivity index (χ3n) is 6.51. The summed E-state index contributed by atoms with van der Waals surface area (Å²) in [5.74, 6) is -0.417. The van der Waals surface area contributed by atoms with E-state index in [0.717, 1.165) is 16.7 Å². The van der Waals surface area contributed by atoms with E-state index in [9.17, 15) is 14.4 Å². The summed E-state index contributed by atoms with van der Waals surface area (Å²) in [6.07, 6.45) is 0. The molecule has 198 valence electrons. The first-order chi connectivity index (χ1) is 16.9. The van der Waals surface area contributed by atoms with Crippen LogP contribution in [0.4, 0.5) is 9.59 Å². The van der Waals surface area contributed by atoms with Gasteiger partial charge in [0.2, 0.25) is 0 Å². The predicted molar refractivity (Wildman–Crippen MR) is 140 cm³/mol. The van der Waals surface area contributed by atoms with Crippen LogP contribution in [0.5, 0.6) is 0 Å². The van der Waals surface area contributed by atoms with Crippen molar-refractivity contribution >= 4 is 18.0 Å². The predicted octanol–water partition coefficient (Wildman–Crippen LogP) is 3.33. The zero-order valence-electron chi connectivity index (χ0n) is 22.7. The molecule has 1 saturated heterocycles. The molecule has 4 amide bonds. The van der Waals surface area contributed by atoms with Crippen molar-refractivity contribution in [1.82, 2.24) is 25.3 Å². The van der Waals surface area contributed by atoms with Gasteiger partial charge in [0.25, 0.3) is 0 Å². The molecule has 2 N–H and O–H groups in total. The third kappa shape index (κ3) is 6.37. The molecule has 0 spiro atoms. The maximum atomic E-state index is 13.3. The molecule has 2 aliphatic rings. The van der Waals surface area contributed by atoms with E-state index >= 15 is 0 Å². The van der Waals surface area contributed by atoms with E-state index in [1.807, 2.05) is 64.6 Å². The SMILES string of the molecule is CCOC(=O)C1=C(CN2CCN(C(=O)NC(C)(C)C)CC2)N(CC)C(=O)NC1c1cc(C)ccc1C. The number of esters is 1. The largest absolute Gasteiger partial charge is 0.463 e. The van der Waals surface area contributed by atoms with E-state index in [1.54, 1.807) is 11.8 Å². The van der Waals surface area contributed by atoms with Crippen LogP contribution in [0.15, 0.2) is 29.5 Å². The highest BCUT2D eigenvalue weighted by Gasteiger charge is 2.39. The fraction of sp³-hybridized carbons (Fsp3) is 0.593. The molecule has 0 bridgehead atoms. The molecule has 0 saturated carbocycles. The monoisotopic (exact) mass is 499 g/mol. The highest BCUT2D eigenvalue weighted by atomic mass is 16.5. The second-order valence-electron chi connectivity index (χ2n) is 10.5. The van der Waals surface area contributed by atoms with Crippen molar-refractivity contribution < 1.29 is 19.1 Å². The standard InChI is InChI=1S/C27H41N5O4/c1-8-32-21(17-30-12-14-31(15-13-30)26(35)29-27(5,6)7)22(24(33)36-9-2)23(28-25(32)34)20-16-18(3)10-11-19(20)4/h10-11,16,23H,8-9,12-15,17H2,1-7H3,(H,28,34)(H,29,35). The Labute approximate surface area is 214 Å². The number of carbonyl (C=O) groups excluding carboxylic acids is 3. The minimum absolute atomic E-state index is 0.0733.